The average molecular weight is 304 g/mol. The van der Waals surface area contributed by atoms with E-state index in [0.29, 0.717) is 5.56 Å². The fourth-order valence-electron chi connectivity index (χ4n) is 3.58. The van der Waals surface area contributed by atoms with E-state index < -0.39 is 0 Å². The van der Waals surface area contributed by atoms with Gasteiger partial charge in [-0.25, -0.2) is 0 Å². The van der Waals surface area contributed by atoms with Crippen molar-refractivity contribution < 1.29 is 9.53 Å². The van der Waals surface area contributed by atoms with Gasteiger partial charge in [-0.2, -0.15) is 10.2 Å². The molecule has 0 aromatic carbocycles. The highest BCUT2D eigenvalue weighted by Gasteiger charge is 2.40. The molecule has 0 saturated carbocycles. The Labute approximate surface area is 131 Å². The summed E-state index contributed by atoms with van der Waals surface area (Å²) in [6, 6.07) is 1.73. The largest absolute Gasteiger partial charge is 0.379 e. The van der Waals surface area contributed by atoms with E-state index in [4.69, 9.17) is 4.74 Å². The normalized spacial score (nSPS) is 26.9. The van der Waals surface area contributed by atoms with E-state index in [1.807, 2.05) is 4.90 Å². The van der Waals surface area contributed by atoms with Crippen molar-refractivity contribution in [2.45, 2.75) is 19.8 Å². The van der Waals surface area contributed by atoms with Crippen molar-refractivity contribution in [3.63, 3.8) is 0 Å². The molecule has 0 unspecified atom stereocenters. The van der Waals surface area contributed by atoms with Crippen molar-refractivity contribution in [3.05, 3.63) is 24.0 Å². The molecule has 1 aromatic heterocycles. The lowest BCUT2D eigenvalue weighted by molar-refractivity contribution is 0.00764. The number of likely N-dealkylation sites (tertiary alicyclic amines) is 1. The number of amides is 1. The lowest BCUT2D eigenvalue weighted by atomic mass is 9.80. The standard InChI is InChI=1S/C16H24N4O2/c1-2-19-8-9-22-13-16(11-19)5-3-7-20(12-16)15(21)14-4-6-17-18-10-14/h4,6,10H,2-3,5,7-9,11-13H2,1H3/t16-/m0/s1. The van der Waals surface area contributed by atoms with E-state index in [1.165, 1.54) is 0 Å². The SMILES string of the molecule is CCN1CCOC[C@@]2(CCCN(C(=O)c3ccnnc3)C2)C1. The quantitative estimate of drug-likeness (QED) is 0.817. The van der Waals surface area contributed by atoms with Crippen molar-refractivity contribution in [1.82, 2.24) is 20.0 Å². The first-order valence-electron chi connectivity index (χ1n) is 8.08. The van der Waals surface area contributed by atoms with E-state index in [1.54, 1.807) is 18.5 Å². The molecule has 2 aliphatic rings. The second-order valence-corrected chi connectivity index (χ2v) is 6.38. The summed E-state index contributed by atoms with van der Waals surface area (Å²) in [6.45, 7) is 8.35. The van der Waals surface area contributed by atoms with Crippen LogP contribution in [-0.2, 0) is 4.74 Å². The van der Waals surface area contributed by atoms with Crippen LogP contribution in [0.5, 0.6) is 0 Å². The average Bonchev–Trinajstić information content (AvgIpc) is 2.77. The molecule has 0 N–H and O–H groups in total. The second-order valence-electron chi connectivity index (χ2n) is 6.38. The number of carbonyl (C=O) groups excluding carboxylic acids is 1. The smallest absolute Gasteiger partial charge is 0.255 e. The van der Waals surface area contributed by atoms with E-state index in [2.05, 4.69) is 22.0 Å². The van der Waals surface area contributed by atoms with E-state index in [-0.39, 0.29) is 11.3 Å². The van der Waals surface area contributed by atoms with Gasteiger partial charge in [0.25, 0.3) is 5.91 Å². The minimum absolute atomic E-state index is 0.0567. The van der Waals surface area contributed by atoms with Crippen LogP contribution in [0.2, 0.25) is 0 Å². The van der Waals surface area contributed by atoms with Gasteiger partial charge in [-0.3, -0.25) is 4.79 Å². The maximum atomic E-state index is 12.7. The first-order valence-corrected chi connectivity index (χ1v) is 8.08. The number of hydrogen-bond acceptors (Lipinski definition) is 5. The molecule has 0 radical (unpaired) electrons. The highest BCUT2D eigenvalue weighted by Crippen LogP contribution is 2.33. The van der Waals surface area contributed by atoms with Crippen LogP contribution in [-0.4, -0.2) is 71.8 Å². The molecule has 2 aliphatic heterocycles. The zero-order valence-corrected chi connectivity index (χ0v) is 13.2. The van der Waals surface area contributed by atoms with Crippen molar-refractivity contribution >= 4 is 5.91 Å². The molecule has 1 spiro atoms. The molecule has 6 heteroatoms. The fourth-order valence-corrected chi connectivity index (χ4v) is 3.58. The third-order valence-corrected chi connectivity index (χ3v) is 4.75. The third-order valence-electron chi connectivity index (χ3n) is 4.75. The van der Waals surface area contributed by atoms with Crippen LogP contribution in [0.1, 0.15) is 30.1 Å². The zero-order valence-electron chi connectivity index (χ0n) is 13.2. The predicted molar refractivity (Wildman–Crippen MR) is 82.5 cm³/mol. The highest BCUT2D eigenvalue weighted by atomic mass is 16.5. The summed E-state index contributed by atoms with van der Waals surface area (Å²) in [4.78, 5) is 17.1. The summed E-state index contributed by atoms with van der Waals surface area (Å²) < 4.78 is 5.85. The van der Waals surface area contributed by atoms with Crippen molar-refractivity contribution in [3.8, 4) is 0 Å². The van der Waals surface area contributed by atoms with E-state index >= 15 is 0 Å². The van der Waals surface area contributed by atoms with Crippen LogP contribution in [0, 0.1) is 5.41 Å². The molecule has 3 heterocycles. The maximum absolute atomic E-state index is 12.7. The number of ether oxygens (including phenoxy) is 1. The van der Waals surface area contributed by atoms with Crippen LogP contribution >= 0.6 is 0 Å². The predicted octanol–water partition coefficient (Wildman–Crippen LogP) is 1.05. The van der Waals surface area contributed by atoms with Crippen molar-refractivity contribution in [1.29, 1.82) is 0 Å². The molecule has 1 aromatic rings. The van der Waals surface area contributed by atoms with Gasteiger partial charge >= 0.3 is 0 Å². The molecule has 0 bridgehead atoms. The summed E-state index contributed by atoms with van der Waals surface area (Å²) in [5, 5.41) is 7.56. The minimum atomic E-state index is 0.0567. The Morgan fingerprint density at radius 1 is 1.36 bits per heavy atom. The van der Waals surface area contributed by atoms with Gasteiger partial charge in [0.1, 0.15) is 0 Å². The minimum Gasteiger partial charge on any atom is -0.379 e. The van der Waals surface area contributed by atoms with Gasteiger partial charge in [0.05, 0.1) is 31.2 Å². The molecule has 22 heavy (non-hydrogen) atoms. The Bertz CT molecular complexity index is 510. The van der Waals surface area contributed by atoms with Gasteiger partial charge in [0.2, 0.25) is 0 Å². The molecule has 1 amide bonds. The molecule has 2 saturated heterocycles. The lowest BCUT2D eigenvalue weighted by Gasteiger charge is -2.43. The Morgan fingerprint density at radius 2 is 2.27 bits per heavy atom. The molecular weight excluding hydrogens is 280 g/mol. The second kappa shape index (κ2) is 6.71. The lowest BCUT2D eigenvalue weighted by Crippen LogP contribution is -2.52. The number of hydrogen-bond donors (Lipinski definition) is 0. The number of aromatic nitrogens is 2. The van der Waals surface area contributed by atoms with Gasteiger partial charge in [0, 0.05) is 31.6 Å². The Morgan fingerprint density at radius 3 is 3.05 bits per heavy atom. The summed E-state index contributed by atoms with van der Waals surface area (Å²) >= 11 is 0. The molecule has 6 nitrogen and oxygen atoms in total. The Kier molecular flexibility index (Phi) is 4.69. The van der Waals surface area contributed by atoms with Crippen LogP contribution in [0.25, 0.3) is 0 Å². The number of carbonyl (C=O) groups is 1. The first kappa shape index (κ1) is 15.4. The molecule has 0 aliphatic carbocycles. The number of nitrogens with zero attached hydrogens (tertiary/aromatic N) is 4. The van der Waals surface area contributed by atoms with Gasteiger partial charge in [-0.1, -0.05) is 6.92 Å². The Hall–Kier alpha value is -1.53. The van der Waals surface area contributed by atoms with Crippen LogP contribution in [0.3, 0.4) is 0 Å². The molecule has 2 fully saturated rings. The molecular formula is C16H24N4O2. The van der Waals surface area contributed by atoms with Gasteiger partial charge in [0.15, 0.2) is 0 Å². The molecule has 3 rings (SSSR count). The monoisotopic (exact) mass is 304 g/mol. The molecule has 1 atom stereocenters. The van der Waals surface area contributed by atoms with Crippen LogP contribution in [0.4, 0.5) is 0 Å². The first-order chi connectivity index (χ1) is 10.7. The van der Waals surface area contributed by atoms with Crippen LogP contribution < -0.4 is 0 Å². The van der Waals surface area contributed by atoms with Crippen molar-refractivity contribution in [2.75, 3.05) is 45.9 Å². The third kappa shape index (κ3) is 3.28. The van der Waals surface area contributed by atoms with Crippen LogP contribution in [0.15, 0.2) is 18.5 Å². The fraction of sp³-hybridized carbons (Fsp3) is 0.688. The summed E-state index contributed by atoms with van der Waals surface area (Å²) in [7, 11) is 0. The summed E-state index contributed by atoms with van der Waals surface area (Å²) in [6.07, 6.45) is 5.28. The Balaban J connectivity index is 1.74. The van der Waals surface area contributed by atoms with Gasteiger partial charge < -0.3 is 14.5 Å². The number of rotatable bonds is 2. The molecule has 120 valence electrons. The van der Waals surface area contributed by atoms with E-state index in [0.717, 1.165) is 58.8 Å². The number of likely N-dealkylation sites (N-methyl/N-ethyl adjacent to an activating group) is 1. The van der Waals surface area contributed by atoms with E-state index in [9.17, 15) is 4.79 Å². The van der Waals surface area contributed by atoms with Gasteiger partial charge in [-0.15, -0.1) is 0 Å². The zero-order chi connectivity index (χ0) is 15.4. The summed E-state index contributed by atoms with van der Waals surface area (Å²) in [5.41, 5.74) is 0.690. The highest BCUT2D eigenvalue weighted by molar-refractivity contribution is 5.93. The maximum Gasteiger partial charge on any atom is 0.255 e. The van der Waals surface area contributed by atoms with Gasteiger partial charge in [-0.05, 0) is 25.5 Å². The van der Waals surface area contributed by atoms with Crippen molar-refractivity contribution in [2.24, 2.45) is 5.41 Å². The summed E-state index contributed by atoms with van der Waals surface area (Å²) in [5.74, 6) is 0.0567. The number of piperidine rings is 1. The topological polar surface area (TPSA) is 58.6 Å².